The standard InChI is InChI=1S/C23H26N4O2/c1-5-29-19-12-10-17(11-13-19)25-21(28)20-14-15-24-22(27-20)26-18-8-6-16(7-9-18)23(2,3)4/h6-15H,5H2,1-4H3,(H,25,28)(H,24,26,27). The minimum absolute atomic E-state index is 0.0912. The van der Waals surface area contributed by atoms with Crippen LogP contribution in [0.25, 0.3) is 0 Å². The van der Waals surface area contributed by atoms with Crippen molar-refractivity contribution in [2.75, 3.05) is 17.2 Å². The first-order chi connectivity index (χ1) is 13.8. The molecule has 3 aromatic rings. The molecule has 29 heavy (non-hydrogen) atoms. The van der Waals surface area contributed by atoms with Gasteiger partial charge < -0.3 is 15.4 Å². The fraction of sp³-hybridized carbons (Fsp3) is 0.261. The molecule has 0 saturated carbocycles. The zero-order valence-corrected chi connectivity index (χ0v) is 17.2. The summed E-state index contributed by atoms with van der Waals surface area (Å²) < 4.78 is 5.41. The first kappa shape index (κ1) is 20.3. The lowest BCUT2D eigenvalue weighted by Crippen LogP contribution is -2.14. The summed E-state index contributed by atoms with van der Waals surface area (Å²) in [5, 5.41) is 5.97. The molecule has 3 rings (SSSR count). The first-order valence-electron chi connectivity index (χ1n) is 9.60. The maximum Gasteiger partial charge on any atom is 0.274 e. The fourth-order valence-corrected chi connectivity index (χ4v) is 2.72. The molecule has 1 heterocycles. The predicted molar refractivity (Wildman–Crippen MR) is 116 cm³/mol. The van der Waals surface area contributed by atoms with E-state index in [9.17, 15) is 4.79 Å². The van der Waals surface area contributed by atoms with E-state index in [2.05, 4.69) is 53.5 Å². The van der Waals surface area contributed by atoms with Gasteiger partial charge in [0, 0.05) is 17.6 Å². The van der Waals surface area contributed by atoms with Crippen molar-refractivity contribution in [2.45, 2.75) is 33.1 Å². The summed E-state index contributed by atoms with van der Waals surface area (Å²) in [6, 6.07) is 16.9. The molecule has 6 heteroatoms. The number of carbonyl (C=O) groups is 1. The van der Waals surface area contributed by atoms with Crippen molar-refractivity contribution in [1.82, 2.24) is 9.97 Å². The second kappa shape index (κ2) is 8.73. The maximum absolute atomic E-state index is 12.5. The Hall–Kier alpha value is -3.41. The zero-order chi connectivity index (χ0) is 20.9. The van der Waals surface area contributed by atoms with E-state index in [1.807, 2.05) is 31.2 Å². The van der Waals surface area contributed by atoms with Crippen LogP contribution in [0.1, 0.15) is 43.7 Å². The van der Waals surface area contributed by atoms with Crippen molar-refractivity contribution in [2.24, 2.45) is 0 Å². The third-order valence-electron chi connectivity index (χ3n) is 4.32. The van der Waals surface area contributed by atoms with Crippen molar-refractivity contribution >= 4 is 23.2 Å². The molecule has 0 fully saturated rings. The summed E-state index contributed by atoms with van der Waals surface area (Å²) in [7, 11) is 0. The van der Waals surface area contributed by atoms with Gasteiger partial charge in [-0.15, -0.1) is 0 Å². The van der Waals surface area contributed by atoms with Crippen LogP contribution in [0.4, 0.5) is 17.3 Å². The SMILES string of the molecule is CCOc1ccc(NC(=O)c2ccnc(Nc3ccc(C(C)(C)C)cc3)n2)cc1. The molecule has 0 spiro atoms. The molecule has 0 atom stereocenters. The van der Waals surface area contributed by atoms with Crippen LogP contribution in [0, 0.1) is 0 Å². The highest BCUT2D eigenvalue weighted by Gasteiger charge is 2.13. The molecular formula is C23H26N4O2. The van der Waals surface area contributed by atoms with Gasteiger partial charge in [-0.1, -0.05) is 32.9 Å². The van der Waals surface area contributed by atoms with Gasteiger partial charge in [0.2, 0.25) is 5.95 Å². The highest BCUT2D eigenvalue weighted by Crippen LogP contribution is 2.24. The summed E-state index contributed by atoms with van der Waals surface area (Å²) in [5.41, 5.74) is 3.15. The summed E-state index contributed by atoms with van der Waals surface area (Å²) in [6.07, 6.45) is 1.56. The summed E-state index contributed by atoms with van der Waals surface area (Å²) in [6.45, 7) is 9.04. The third kappa shape index (κ3) is 5.54. The van der Waals surface area contributed by atoms with E-state index in [1.165, 1.54) is 5.56 Å². The number of anilines is 3. The minimum atomic E-state index is -0.303. The Kier molecular flexibility index (Phi) is 6.12. The van der Waals surface area contributed by atoms with E-state index in [-0.39, 0.29) is 17.0 Å². The lowest BCUT2D eigenvalue weighted by atomic mass is 9.87. The molecule has 0 unspecified atom stereocenters. The second-order valence-corrected chi connectivity index (χ2v) is 7.63. The lowest BCUT2D eigenvalue weighted by molar-refractivity contribution is 0.102. The molecule has 0 bridgehead atoms. The number of benzene rings is 2. The van der Waals surface area contributed by atoms with Crippen LogP contribution in [-0.4, -0.2) is 22.5 Å². The van der Waals surface area contributed by atoms with Crippen molar-refractivity contribution in [3.05, 3.63) is 72.1 Å². The third-order valence-corrected chi connectivity index (χ3v) is 4.32. The Labute approximate surface area is 171 Å². The smallest absolute Gasteiger partial charge is 0.274 e. The highest BCUT2D eigenvalue weighted by atomic mass is 16.5. The van der Waals surface area contributed by atoms with E-state index in [0.717, 1.165) is 11.4 Å². The summed E-state index contributed by atoms with van der Waals surface area (Å²) in [5.74, 6) is 0.826. The number of rotatable bonds is 6. The van der Waals surface area contributed by atoms with Crippen molar-refractivity contribution < 1.29 is 9.53 Å². The van der Waals surface area contributed by atoms with Crippen LogP contribution < -0.4 is 15.4 Å². The van der Waals surface area contributed by atoms with Gasteiger partial charge in [0.05, 0.1) is 6.61 Å². The number of ether oxygens (including phenoxy) is 1. The molecule has 1 aromatic heterocycles. The highest BCUT2D eigenvalue weighted by molar-refractivity contribution is 6.03. The summed E-state index contributed by atoms with van der Waals surface area (Å²) in [4.78, 5) is 21.1. The second-order valence-electron chi connectivity index (χ2n) is 7.63. The van der Waals surface area contributed by atoms with Crippen molar-refractivity contribution in [1.29, 1.82) is 0 Å². The number of aromatic nitrogens is 2. The van der Waals surface area contributed by atoms with Crippen LogP contribution >= 0.6 is 0 Å². The average Bonchev–Trinajstić information content (AvgIpc) is 2.70. The Bertz CT molecular complexity index is 961. The molecule has 2 aromatic carbocycles. The van der Waals surface area contributed by atoms with Gasteiger partial charge >= 0.3 is 0 Å². The van der Waals surface area contributed by atoms with Crippen LogP contribution in [0.15, 0.2) is 60.8 Å². The summed E-state index contributed by atoms with van der Waals surface area (Å²) >= 11 is 0. The minimum Gasteiger partial charge on any atom is -0.494 e. The fourth-order valence-electron chi connectivity index (χ4n) is 2.72. The normalized spacial score (nSPS) is 11.0. The van der Waals surface area contributed by atoms with Crippen LogP contribution in [0.2, 0.25) is 0 Å². The van der Waals surface area contributed by atoms with E-state index in [0.29, 0.717) is 18.2 Å². The Morgan fingerprint density at radius 1 is 0.966 bits per heavy atom. The molecule has 2 N–H and O–H groups in total. The lowest BCUT2D eigenvalue weighted by Gasteiger charge is -2.19. The van der Waals surface area contributed by atoms with Crippen LogP contribution in [-0.2, 0) is 5.41 Å². The van der Waals surface area contributed by atoms with Crippen LogP contribution in [0.5, 0.6) is 5.75 Å². The van der Waals surface area contributed by atoms with Gasteiger partial charge in [-0.05, 0) is 60.4 Å². The van der Waals surface area contributed by atoms with E-state index < -0.39 is 0 Å². The van der Waals surface area contributed by atoms with E-state index in [1.54, 1.807) is 24.4 Å². The maximum atomic E-state index is 12.5. The molecule has 0 aliphatic heterocycles. The first-order valence-corrected chi connectivity index (χ1v) is 9.60. The molecule has 0 radical (unpaired) electrons. The average molecular weight is 390 g/mol. The van der Waals surface area contributed by atoms with Crippen molar-refractivity contribution in [3.63, 3.8) is 0 Å². The predicted octanol–water partition coefficient (Wildman–Crippen LogP) is 5.17. The molecule has 0 aliphatic rings. The molecule has 150 valence electrons. The van der Waals surface area contributed by atoms with Crippen molar-refractivity contribution in [3.8, 4) is 5.75 Å². The Morgan fingerprint density at radius 2 is 1.62 bits per heavy atom. The van der Waals surface area contributed by atoms with Gasteiger partial charge in [0.1, 0.15) is 11.4 Å². The number of carbonyl (C=O) groups excluding carboxylic acids is 1. The topological polar surface area (TPSA) is 76.1 Å². The number of nitrogens with zero attached hydrogens (tertiary/aromatic N) is 2. The molecule has 1 amide bonds. The molecule has 0 aliphatic carbocycles. The number of hydrogen-bond donors (Lipinski definition) is 2. The number of amides is 1. The Morgan fingerprint density at radius 3 is 2.24 bits per heavy atom. The van der Waals surface area contributed by atoms with Gasteiger partial charge in [0.15, 0.2) is 0 Å². The molecular weight excluding hydrogens is 364 g/mol. The van der Waals surface area contributed by atoms with E-state index in [4.69, 9.17) is 4.74 Å². The zero-order valence-electron chi connectivity index (χ0n) is 17.2. The largest absolute Gasteiger partial charge is 0.494 e. The quantitative estimate of drug-likeness (QED) is 0.607. The van der Waals surface area contributed by atoms with Gasteiger partial charge in [-0.2, -0.15) is 0 Å². The monoisotopic (exact) mass is 390 g/mol. The number of hydrogen-bond acceptors (Lipinski definition) is 5. The van der Waals surface area contributed by atoms with E-state index >= 15 is 0 Å². The Balaban J connectivity index is 1.67. The van der Waals surface area contributed by atoms with Gasteiger partial charge in [-0.3, -0.25) is 4.79 Å². The van der Waals surface area contributed by atoms with Crippen LogP contribution in [0.3, 0.4) is 0 Å². The van der Waals surface area contributed by atoms with Gasteiger partial charge in [-0.25, -0.2) is 9.97 Å². The van der Waals surface area contributed by atoms with Gasteiger partial charge in [0.25, 0.3) is 5.91 Å². The number of nitrogens with one attached hydrogen (secondary N) is 2. The molecule has 6 nitrogen and oxygen atoms in total. The molecule has 0 saturated heterocycles.